The molecule has 1 rings (SSSR count). The third-order valence-electron chi connectivity index (χ3n) is 3.96. The van der Waals surface area contributed by atoms with Crippen molar-refractivity contribution in [3.63, 3.8) is 0 Å². The third kappa shape index (κ3) is 4.94. The Balaban J connectivity index is 2.40. The summed E-state index contributed by atoms with van der Waals surface area (Å²) < 4.78 is 5.43. The highest BCUT2D eigenvalue weighted by atomic mass is 16.5. The van der Waals surface area contributed by atoms with Gasteiger partial charge in [0.25, 0.3) is 0 Å². The van der Waals surface area contributed by atoms with Crippen molar-refractivity contribution in [1.29, 1.82) is 0 Å². The van der Waals surface area contributed by atoms with Gasteiger partial charge in [0.2, 0.25) is 0 Å². The highest BCUT2D eigenvalue weighted by Gasteiger charge is 2.29. The van der Waals surface area contributed by atoms with Crippen LogP contribution in [0.5, 0.6) is 0 Å². The molecule has 0 aromatic carbocycles. The Labute approximate surface area is 107 Å². The normalized spacial score (nSPS) is 25.4. The zero-order valence-corrected chi connectivity index (χ0v) is 12.3. The van der Waals surface area contributed by atoms with Crippen molar-refractivity contribution in [2.24, 2.45) is 5.41 Å². The Kier molecular flexibility index (Phi) is 5.90. The van der Waals surface area contributed by atoms with Crippen molar-refractivity contribution < 1.29 is 4.74 Å². The molecular formula is C14H30N2O. The lowest BCUT2D eigenvalue weighted by atomic mass is 9.86. The molecule has 3 nitrogen and oxygen atoms in total. The Hall–Kier alpha value is -0.120. The molecule has 0 radical (unpaired) electrons. The number of rotatable bonds is 7. The van der Waals surface area contributed by atoms with Gasteiger partial charge < -0.3 is 15.0 Å². The molecule has 0 aliphatic carbocycles. The molecule has 1 heterocycles. The first kappa shape index (κ1) is 14.9. The summed E-state index contributed by atoms with van der Waals surface area (Å²) in [7, 11) is 1.83. The van der Waals surface area contributed by atoms with Gasteiger partial charge in [-0.3, -0.25) is 0 Å². The molecule has 17 heavy (non-hydrogen) atoms. The standard InChI is InChI=1S/C14H30N2O/c1-6-14(4,10-15-12(2)3)11-16-8-7-13(9-16)17-5/h12-13,15H,6-11H2,1-5H3. The minimum Gasteiger partial charge on any atom is -0.380 e. The predicted molar refractivity (Wildman–Crippen MR) is 73.4 cm³/mol. The van der Waals surface area contributed by atoms with E-state index in [9.17, 15) is 0 Å². The summed E-state index contributed by atoms with van der Waals surface area (Å²) >= 11 is 0. The molecule has 0 aromatic rings. The van der Waals surface area contributed by atoms with Crippen LogP contribution in [0.1, 0.15) is 40.5 Å². The molecule has 0 amide bonds. The molecule has 2 atom stereocenters. The second-order valence-electron chi connectivity index (χ2n) is 6.08. The summed E-state index contributed by atoms with van der Waals surface area (Å²) in [6, 6.07) is 0.575. The van der Waals surface area contributed by atoms with Gasteiger partial charge in [0.05, 0.1) is 6.10 Å². The third-order valence-corrected chi connectivity index (χ3v) is 3.96. The first-order valence-electron chi connectivity index (χ1n) is 6.97. The number of nitrogens with one attached hydrogen (secondary N) is 1. The van der Waals surface area contributed by atoms with Crippen LogP contribution >= 0.6 is 0 Å². The van der Waals surface area contributed by atoms with E-state index < -0.39 is 0 Å². The van der Waals surface area contributed by atoms with Crippen molar-refractivity contribution in [2.45, 2.75) is 52.7 Å². The zero-order valence-electron chi connectivity index (χ0n) is 12.3. The molecule has 102 valence electrons. The molecule has 1 fully saturated rings. The van der Waals surface area contributed by atoms with E-state index in [4.69, 9.17) is 4.74 Å². The van der Waals surface area contributed by atoms with Gasteiger partial charge in [0, 0.05) is 39.3 Å². The van der Waals surface area contributed by atoms with Crippen LogP contribution in [0.25, 0.3) is 0 Å². The van der Waals surface area contributed by atoms with E-state index in [0.717, 1.165) is 13.1 Å². The van der Waals surface area contributed by atoms with Crippen molar-refractivity contribution in [3.8, 4) is 0 Å². The van der Waals surface area contributed by atoms with Crippen molar-refractivity contribution in [2.75, 3.05) is 33.3 Å². The van der Waals surface area contributed by atoms with Crippen LogP contribution < -0.4 is 5.32 Å². The van der Waals surface area contributed by atoms with Crippen LogP contribution in [0.3, 0.4) is 0 Å². The highest BCUT2D eigenvalue weighted by Crippen LogP contribution is 2.24. The van der Waals surface area contributed by atoms with Gasteiger partial charge in [0.1, 0.15) is 0 Å². The molecule has 0 spiro atoms. The largest absolute Gasteiger partial charge is 0.380 e. The quantitative estimate of drug-likeness (QED) is 0.740. The lowest BCUT2D eigenvalue weighted by Crippen LogP contribution is -2.43. The van der Waals surface area contributed by atoms with Crippen molar-refractivity contribution >= 4 is 0 Å². The van der Waals surface area contributed by atoms with Crippen LogP contribution in [-0.2, 0) is 4.74 Å². The summed E-state index contributed by atoms with van der Waals surface area (Å²) in [5.74, 6) is 0. The molecule has 2 unspecified atom stereocenters. The van der Waals surface area contributed by atoms with Crippen LogP contribution in [0, 0.1) is 5.41 Å². The second kappa shape index (κ2) is 6.72. The van der Waals surface area contributed by atoms with E-state index >= 15 is 0 Å². The number of ether oxygens (including phenoxy) is 1. The number of hydrogen-bond donors (Lipinski definition) is 1. The Morgan fingerprint density at radius 2 is 2.18 bits per heavy atom. The molecule has 1 aliphatic rings. The van der Waals surface area contributed by atoms with Crippen LogP contribution in [0.15, 0.2) is 0 Å². The highest BCUT2D eigenvalue weighted by molar-refractivity contribution is 4.84. The van der Waals surface area contributed by atoms with Crippen LogP contribution in [0.2, 0.25) is 0 Å². The lowest BCUT2D eigenvalue weighted by Gasteiger charge is -2.34. The van der Waals surface area contributed by atoms with Gasteiger partial charge in [-0.1, -0.05) is 27.7 Å². The van der Waals surface area contributed by atoms with Gasteiger partial charge in [-0.15, -0.1) is 0 Å². The first-order chi connectivity index (χ1) is 7.99. The molecule has 1 aliphatic heterocycles. The van der Waals surface area contributed by atoms with Crippen LogP contribution in [0.4, 0.5) is 0 Å². The van der Waals surface area contributed by atoms with E-state index in [1.54, 1.807) is 0 Å². The van der Waals surface area contributed by atoms with Gasteiger partial charge in [-0.05, 0) is 18.3 Å². The number of nitrogens with zero attached hydrogens (tertiary/aromatic N) is 1. The summed E-state index contributed by atoms with van der Waals surface area (Å²) in [6.45, 7) is 13.7. The van der Waals surface area contributed by atoms with E-state index in [1.807, 2.05) is 7.11 Å². The minimum absolute atomic E-state index is 0.382. The van der Waals surface area contributed by atoms with Gasteiger partial charge >= 0.3 is 0 Å². The fraction of sp³-hybridized carbons (Fsp3) is 1.00. The summed E-state index contributed by atoms with van der Waals surface area (Å²) in [5, 5.41) is 3.58. The first-order valence-corrected chi connectivity index (χ1v) is 6.97. The molecule has 0 saturated carbocycles. The molecular weight excluding hydrogens is 212 g/mol. The van der Waals surface area contributed by atoms with E-state index in [-0.39, 0.29) is 0 Å². The van der Waals surface area contributed by atoms with Crippen LogP contribution in [-0.4, -0.2) is 50.3 Å². The van der Waals surface area contributed by atoms with Crippen molar-refractivity contribution in [3.05, 3.63) is 0 Å². The SMILES string of the molecule is CCC(C)(CNC(C)C)CN1CCC(OC)C1. The predicted octanol–water partition coefficient (Wildman–Crippen LogP) is 2.12. The number of hydrogen-bond acceptors (Lipinski definition) is 3. The van der Waals surface area contributed by atoms with Gasteiger partial charge in [-0.25, -0.2) is 0 Å². The lowest BCUT2D eigenvalue weighted by molar-refractivity contribution is 0.0978. The summed E-state index contributed by atoms with van der Waals surface area (Å²) in [4.78, 5) is 2.56. The second-order valence-corrected chi connectivity index (χ2v) is 6.08. The summed E-state index contributed by atoms with van der Waals surface area (Å²) in [5.41, 5.74) is 0.382. The average molecular weight is 242 g/mol. The van der Waals surface area contributed by atoms with Gasteiger partial charge in [-0.2, -0.15) is 0 Å². The topological polar surface area (TPSA) is 24.5 Å². The maximum Gasteiger partial charge on any atom is 0.0710 e. The number of methoxy groups -OCH3 is 1. The molecule has 1 N–H and O–H groups in total. The van der Waals surface area contributed by atoms with Crippen molar-refractivity contribution in [1.82, 2.24) is 10.2 Å². The Bertz CT molecular complexity index is 220. The number of likely N-dealkylation sites (tertiary alicyclic amines) is 1. The van der Waals surface area contributed by atoms with E-state index in [2.05, 4.69) is 37.9 Å². The fourth-order valence-corrected chi connectivity index (χ4v) is 2.42. The molecule has 0 bridgehead atoms. The average Bonchev–Trinajstić information content (AvgIpc) is 2.74. The molecule has 1 saturated heterocycles. The monoisotopic (exact) mass is 242 g/mol. The summed E-state index contributed by atoms with van der Waals surface area (Å²) in [6.07, 6.45) is 2.86. The van der Waals surface area contributed by atoms with E-state index in [0.29, 0.717) is 17.6 Å². The molecule has 3 heteroatoms. The molecule has 0 aromatic heterocycles. The van der Waals surface area contributed by atoms with E-state index in [1.165, 1.54) is 25.9 Å². The maximum atomic E-state index is 5.43. The maximum absolute atomic E-state index is 5.43. The fourth-order valence-electron chi connectivity index (χ4n) is 2.42. The smallest absolute Gasteiger partial charge is 0.0710 e. The Morgan fingerprint density at radius 3 is 2.65 bits per heavy atom. The Morgan fingerprint density at radius 1 is 1.47 bits per heavy atom. The zero-order chi connectivity index (χ0) is 12.9. The minimum atomic E-state index is 0.382. The van der Waals surface area contributed by atoms with Gasteiger partial charge in [0.15, 0.2) is 0 Å².